The molecule has 2 unspecified atom stereocenters. The third-order valence-corrected chi connectivity index (χ3v) is 4.14. The van der Waals surface area contributed by atoms with Crippen LogP contribution in [0.1, 0.15) is 62.1 Å². The van der Waals surface area contributed by atoms with Gasteiger partial charge in [-0.3, -0.25) is 0 Å². The van der Waals surface area contributed by atoms with Gasteiger partial charge in [0.25, 0.3) is 0 Å². The Bertz CT molecular complexity index is 324. The molecule has 0 amide bonds. The monoisotopic (exact) mass is 242 g/mol. The number of rotatable bonds is 4. The Morgan fingerprint density at radius 2 is 2.44 bits per heavy atom. The van der Waals surface area contributed by atoms with Crippen molar-refractivity contribution in [3.05, 3.63) is 11.7 Å². The molecule has 4 nitrogen and oxygen atoms in total. The van der Waals surface area contributed by atoms with Crippen molar-refractivity contribution in [3.63, 3.8) is 0 Å². The SMILES string of the molecule is CCCC(O)c1noc(C2CCCCS2)n1. The van der Waals surface area contributed by atoms with Gasteiger partial charge in [-0.25, -0.2) is 0 Å². The van der Waals surface area contributed by atoms with Gasteiger partial charge in [0.05, 0.1) is 5.25 Å². The Kier molecular flexibility index (Phi) is 4.23. The van der Waals surface area contributed by atoms with E-state index in [4.69, 9.17) is 4.52 Å². The van der Waals surface area contributed by atoms with Crippen molar-refractivity contribution >= 4 is 11.8 Å². The maximum atomic E-state index is 9.74. The molecule has 2 rings (SSSR count). The highest BCUT2D eigenvalue weighted by molar-refractivity contribution is 7.99. The predicted molar refractivity (Wildman–Crippen MR) is 63.2 cm³/mol. The fraction of sp³-hybridized carbons (Fsp3) is 0.818. The van der Waals surface area contributed by atoms with E-state index >= 15 is 0 Å². The van der Waals surface area contributed by atoms with Crippen LogP contribution in [0.25, 0.3) is 0 Å². The Balaban J connectivity index is 2.00. The summed E-state index contributed by atoms with van der Waals surface area (Å²) in [6.07, 6.45) is 4.65. The summed E-state index contributed by atoms with van der Waals surface area (Å²) in [4.78, 5) is 4.30. The van der Waals surface area contributed by atoms with Gasteiger partial charge in [-0.2, -0.15) is 4.98 Å². The van der Waals surface area contributed by atoms with Crippen molar-refractivity contribution < 1.29 is 9.63 Å². The van der Waals surface area contributed by atoms with Gasteiger partial charge in [0, 0.05) is 0 Å². The average molecular weight is 242 g/mol. The molecule has 5 heteroatoms. The Labute approximate surface area is 99.8 Å². The smallest absolute Gasteiger partial charge is 0.239 e. The third-order valence-electron chi connectivity index (χ3n) is 2.77. The van der Waals surface area contributed by atoms with Crippen LogP contribution in [0.3, 0.4) is 0 Å². The number of aliphatic hydroxyl groups excluding tert-OH is 1. The van der Waals surface area contributed by atoms with Gasteiger partial charge < -0.3 is 9.63 Å². The molecule has 1 aliphatic heterocycles. The van der Waals surface area contributed by atoms with Gasteiger partial charge in [-0.15, -0.1) is 11.8 Å². The third kappa shape index (κ3) is 2.77. The summed E-state index contributed by atoms with van der Waals surface area (Å²) in [5.74, 6) is 2.30. The van der Waals surface area contributed by atoms with Gasteiger partial charge >= 0.3 is 0 Å². The molecule has 0 radical (unpaired) electrons. The van der Waals surface area contributed by atoms with E-state index < -0.39 is 6.10 Å². The molecule has 1 aliphatic rings. The summed E-state index contributed by atoms with van der Waals surface area (Å²) in [5, 5.41) is 13.9. The highest BCUT2D eigenvalue weighted by Crippen LogP contribution is 2.37. The second-order valence-corrected chi connectivity index (χ2v) is 5.46. The van der Waals surface area contributed by atoms with Crippen LogP contribution in [0.2, 0.25) is 0 Å². The maximum absolute atomic E-state index is 9.74. The molecule has 1 aromatic heterocycles. The van der Waals surface area contributed by atoms with Crippen molar-refractivity contribution in [1.82, 2.24) is 10.1 Å². The van der Waals surface area contributed by atoms with Crippen molar-refractivity contribution in [2.75, 3.05) is 5.75 Å². The van der Waals surface area contributed by atoms with E-state index in [1.165, 1.54) is 18.6 Å². The van der Waals surface area contributed by atoms with Crippen LogP contribution < -0.4 is 0 Å². The van der Waals surface area contributed by atoms with E-state index in [0.29, 0.717) is 23.4 Å². The van der Waals surface area contributed by atoms with E-state index in [-0.39, 0.29) is 0 Å². The van der Waals surface area contributed by atoms with E-state index in [9.17, 15) is 5.11 Å². The lowest BCUT2D eigenvalue weighted by molar-refractivity contribution is 0.152. The summed E-state index contributed by atoms with van der Waals surface area (Å²) >= 11 is 1.88. The largest absolute Gasteiger partial charge is 0.385 e. The molecule has 1 saturated heterocycles. The van der Waals surface area contributed by atoms with Crippen LogP contribution in [0, 0.1) is 0 Å². The van der Waals surface area contributed by atoms with Crippen LogP contribution in [0.15, 0.2) is 4.52 Å². The molecule has 0 aliphatic carbocycles. The second kappa shape index (κ2) is 5.68. The van der Waals surface area contributed by atoms with Crippen LogP contribution >= 0.6 is 11.8 Å². The summed E-state index contributed by atoms with van der Waals surface area (Å²) in [7, 11) is 0. The van der Waals surface area contributed by atoms with Gasteiger partial charge in [-0.05, 0) is 25.0 Å². The van der Waals surface area contributed by atoms with Crippen LogP contribution in [0.4, 0.5) is 0 Å². The number of aliphatic hydroxyl groups is 1. The summed E-state index contributed by atoms with van der Waals surface area (Å²) in [5.41, 5.74) is 0. The van der Waals surface area contributed by atoms with Crippen molar-refractivity contribution in [2.24, 2.45) is 0 Å². The summed E-state index contributed by atoms with van der Waals surface area (Å²) < 4.78 is 5.23. The Hall–Kier alpha value is -0.550. The summed E-state index contributed by atoms with van der Waals surface area (Å²) in [6, 6.07) is 0. The molecular weight excluding hydrogens is 224 g/mol. The molecule has 1 N–H and O–H groups in total. The van der Waals surface area contributed by atoms with Gasteiger partial charge in [0.1, 0.15) is 6.10 Å². The fourth-order valence-corrected chi connectivity index (χ4v) is 3.08. The van der Waals surface area contributed by atoms with E-state index in [2.05, 4.69) is 10.1 Å². The molecule has 2 heterocycles. The quantitative estimate of drug-likeness (QED) is 0.879. The van der Waals surface area contributed by atoms with Crippen LogP contribution in [0.5, 0.6) is 0 Å². The van der Waals surface area contributed by atoms with Gasteiger partial charge in [0.2, 0.25) is 5.89 Å². The zero-order chi connectivity index (χ0) is 11.4. The highest BCUT2D eigenvalue weighted by atomic mass is 32.2. The standard InChI is InChI=1S/C11H18N2O2S/c1-2-5-8(14)10-12-11(15-13-10)9-6-3-4-7-16-9/h8-9,14H,2-7H2,1H3. The van der Waals surface area contributed by atoms with Gasteiger partial charge in [-0.1, -0.05) is 24.9 Å². The second-order valence-electron chi connectivity index (χ2n) is 4.15. The summed E-state index contributed by atoms with van der Waals surface area (Å²) in [6.45, 7) is 2.03. The van der Waals surface area contributed by atoms with Crippen molar-refractivity contribution in [1.29, 1.82) is 0 Å². The lowest BCUT2D eigenvalue weighted by Crippen LogP contribution is -2.03. The first-order valence-corrected chi connectivity index (χ1v) is 6.99. The average Bonchev–Trinajstić information content (AvgIpc) is 2.80. The molecule has 0 spiro atoms. The zero-order valence-corrected chi connectivity index (χ0v) is 10.4. The van der Waals surface area contributed by atoms with Crippen LogP contribution in [-0.2, 0) is 0 Å². The first-order chi connectivity index (χ1) is 7.81. The van der Waals surface area contributed by atoms with E-state index in [1.807, 2.05) is 18.7 Å². The first kappa shape index (κ1) is 11.9. The predicted octanol–water partition coefficient (Wildman–Crippen LogP) is 2.86. The van der Waals surface area contributed by atoms with E-state index in [0.717, 1.165) is 12.8 Å². The minimum Gasteiger partial charge on any atom is -0.385 e. The topological polar surface area (TPSA) is 59.2 Å². The minimum atomic E-state index is -0.573. The molecule has 0 bridgehead atoms. The van der Waals surface area contributed by atoms with E-state index in [1.54, 1.807) is 0 Å². The lowest BCUT2D eigenvalue weighted by atomic mass is 10.2. The number of hydrogen-bond donors (Lipinski definition) is 1. The molecule has 90 valence electrons. The molecule has 0 saturated carbocycles. The Morgan fingerprint density at radius 3 is 3.12 bits per heavy atom. The number of thioether (sulfide) groups is 1. The minimum absolute atomic E-state index is 0.337. The molecule has 1 fully saturated rings. The molecule has 0 aromatic carbocycles. The van der Waals surface area contributed by atoms with Gasteiger partial charge in [0.15, 0.2) is 5.82 Å². The lowest BCUT2D eigenvalue weighted by Gasteiger charge is -2.16. The normalized spacial score (nSPS) is 23.2. The fourth-order valence-electron chi connectivity index (χ4n) is 1.85. The maximum Gasteiger partial charge on any atom is 0.239 e. The Morgan fingerprint density at radius 1 is 1.56 bits per heavy atom. The van der Waals surface area contributed by atoms with Crippen LogP contribution in [-0.4, -0.2) is 21.0 Å². The van der Waals surface area contributed by atoms with Crippen molar-refractivity contribution in [3.8, 4) is 0 Å². The number of nitrogens with zero attached hydrogens (tertiary/aromatic N) is 2. The first-order valence-electron chi connectivity index (χ1n) is 5.94. The number of aromatic nitrogens is 2. The molecular formula is C11H18N2O2S. The molecule has 1 aromatic rings. The van der Waals surface area contributed by atoms with Crippen molar-refractivity contribution in [2.45, 2.75) is 50.4 Å². The molecule has 16 heavy (non-hydrogen) atoms. The highest BCUT2D eigenvalue weighted by Gasteiger charge is 2.23. The number of hydrogen-bond acceptors (Lipinski definition) is 5. The molecule has 2 atom stereocenters. The zero-order valence-electron chi connectivity index (χ0n) is 9.56.